The number of fused-ring (bicyclic) bond motifs is 4. The number of benzene rings is 2. The van der Waals surface area contributed by atoms with Crippen LogP contribution in [-0.2, 0) is 108 Å². The molecule has 458 valence electrons. The van der Waals surface area contributed by atoms with Crippen molar-refractivity contribution in [2.24, 2.45) is 17.3 Å². The molecule has 8 rings (SSSR count). The molecule has 0 bridgehead atoms. The van der Waals surface area contributed by atoms with Gasteiger partial charge in [0.05, 0.1) is 62.9 Å². The molecule has 0 aromatic heterocycles. The van der Waals surface area contributed by atoms with Crippen molar-refractivity contribution in [1.82, 2.24) is 0 Å². The minimum Gasteiger partial charge on any atom is -0.466 e. The topological polar surface area (TPSA) is 244 Å². The third-order valence-corrected chi connectivity index (χ3v) is 15.8. The number of esters is 5. The average Bonchev–Trinajstić information content (AvgIpc) is 4.01. The standard InChI is InChI=1S/C33H48O11.C28H40O10/c1-20(18-39-21(2)34)17-25-26(40-19-23-11-9-8-10-12-23)28-27(43-25)29(41-22(3)35)30-33(37-7,44-28)15-13-24(42-30)14-16-38-31(36)32(4,5)6;1-17(15-33-18(2)30)14-22-23(34-16-20-8-6-5-7-9-20)25-24(37-22)26(35-19(3)31)27-28(32-4,38-25)12-10-21(36-27)11-13-29/h8-12,20,24-30H,13-19H2,1-7H3;5-9,17,21-27,29H,10-16H2,1-4H3/t20-,24-,25-,26+,27-,28+,29+,30-,33?;17-,21-,22-,23+,24-,25+,26+,27-,28?/m11/s1. The predicted octanol–water partition coefficient (Wildman–Crippen LogP) is 6.66. The van der Waals surface area contributed by atoms with Crippen molar-refractivity contribution in [1.29, 1.82) is 0 Å². The molecule has 21 nitrogen and oxygen atoms in total. The molecule has 82 heavy (non-hydrogen) atoms. The van der Waals surface area contributed by atoms with Crippen LogP contribution in [0.4, 0.5) is 0 Å². The fraction of sp³-hybridized carbons (Fsp3) is 0.721. The van der Waals surface area contributed by atoms with Gasteiger partial charge in [-0.05, 0) is 75.8 Å². The highest BCUT2D eigenvalue weighted by Crippen LogP contribution is 2.50. The Balaban J connectivity index is 0.000000239. The van der Waals surface area contributed by atoms with Crippen molar-refractivity contribution in [3.05, 3.63) is 71.8 Å². The lowest BCUT2D eigenvalue weighted by Gasteiger charge is -2.53. The van der Waals surface area contributed by atoms with Gasteiger partial charge in [-0.1, -0.05) is 74.5 Å². The summed E-state index contributed by atoms with van der Waals surface area (Å²) < 4.78 is 92.1. The maximum Gasteiger partial charge on any atom is 0.311 e. The second kappa shape index (κ2) is 29.4. The zero-order valence-corrected chi connectivity index (χ0v) is 49.5. The van der Waals surface area contributed by atoms with Crippen molar-refractivity contribution in [3.8, 4) is 0 Å². The van der Waals surface area contributed by atoms with Crippen LogP contribution in [0.5, 0.6) is 0 Å². The van der Waals surface area contributed by atoms with Crippen molar-refractivity contribution < 1.29 is 100 Å². The van der Waals surface area contributed by atoms with E-state index in [1.54, 1.807) is 14.2 Å². The molecule has 6 aliphatic heterocycles. The van der Waals surface area contributed by atoms with E-state index in [0.29, 0.717) is 64.6 Å². The first kappa shape index (κ1) is 64.9. The molecular weight excluding hydrogens is 1070 g/mol. The Kier molecular flexibility index (Phi) is 23.3. The summed E-state index contributed by atoms with van der Waals surface area (Å²) in [5.41, 5.74) is 1.39. The minimum atomic E-state index is -1.21. The number of ether oxygens (including phenoxy) is 15. The molecule has 0 amide bonds. The molecule has 21 heteroatoms. The number of carbonyl (C=O) groups is 5. The lowest BCUT2D eigenvalue weighted by molar-refractivity contribution is -0.383. The number of aliphatic hydroxyl groups is 1. The SMILES string of the molecule is COC12CC[C@H](CCO)O[C@@H]1[C@@H](OC(C)=O)[C@@H]1O[C@H](C[C@@H](C)COC(C)=O)[C@H](OCc3ccccc3)[C@@H]1O2.COC12CC[C@H](CCOC(=O)C(C)(C)C)O[C@@H]1[C@@H](OC(C)=O)[C@@H]1O[C@H](C[C@@H](C)COC(C)=O)[C@H](OCc3ccccc3)[C@@H]1O2. The molecule has 0 spiro atoms. The molecule has 1 N–H and O–H groups in total. The number of hydrogen-bond donors (Lipinski definition) is 1. The summed E-state index contributed by atoms with van der Waals surface area (Å²) in [5.74, 6) is -4.34. The number of rotatable bonds is 23. The van der Waals surface area contributed by atoms with Crippen LogP contribution in [0.2, 0.25) is 0 Å². The Morgan fingerprint density at radius 1 is 0.573 bits per heavy atom. The maximum atomic E-state index is 12.4. The summed E-state index contributed by atoms with van der Waals surface area (Å²) in [5, 5.41) is 9.48. The maximum absolute atomic E-state index is 12.4. The normalized spacial score (nSPS) is 33.6. The first-order valence-corrected chi connectivity index (χ1v) is 28.9. The molecule has 18 atom stereocenters. The van der Waals surface area contributed by atoms with Gasteiger partial charge in [-0.3, -0.25) is 24.0 Å². The Morgan fingerprint density at radius 3 is 1.35 bits per heavy atom. The molecule has 2 unspecified atom stereocenters. The largest absolute Gasteiger partial charge is 0.466 e. The number of hydrogen-bond acceptors (Lipinski definition) is 21. The van der Waals surface area contributed by atoms with Crippen molar-refractivity contribution in [2.75, 3.05) is 40.6 Å². The Morgan fingerprint density at radius 2 is 0.988 bits per heavy atom. The number of aliphatic hydroxyl groups excluding tert-OH is 1. The highest BCUT2D eigenvalue weighted by Gasteiger charge is 2.67. The Hall–Kier alpha value is -4.65. The number of carbonyl (C=O) groups excluding carboxylic acids is 5. The van der Waals surface area contributed by atoms with Gasteiger partial charge in [0.1, 0.15) is 36.6 Å². The summed E-state index contributed by atoms with van der Waals surface area (Å²) in [6, 6.07) is 19.6. The van der Waals surface area contributed by atoms with Crippen LogP contribution >= 0.6 is 0 Å². The molecule has 2 aromatic carbocycles. The molecule has 6 heterocycles. The zero-order valence-electron chi connectivity index (χ0n) is 49.5. The zero-order chi connectivity index (χ0) is 59.4. The van der Waals surface area contributed by atoms with E-state index in [2.05, 4.69) is 0 Å². The molecule has 0 aliphatic carbocycles. The van der Waals surface area contributed by atoms with Crippen LogP contribution in [0.15, 0.2) is 60.7 Å². The van der Waals surface area contributed by atoms with Gasteiger partial charge in [-0.2, -0.15) is 0 Å². The molecule has 6 saturated heterocycles. The lowest BCUT2D eigenvalue weighted by Crippen LogP contribution is -2.69. The van der Waals surface area contributed by atoms with E-state index in [1.807, 2.05) is 95.3 Å². The Labute approximate surface area is 482 Å². The monoisotopic (exact) mass is 1160 g/mol. The lowest BCUT2D eigenvalue weighted by atomic mass is 9.84. The van der Waals surface area contributed by atoms with Crippen molar-refractivity contribution in [2.45, 2.75) is 224 Å². The second-order valence-corrected chi connectivity index (χ2v) is 23.6. The molecule has 6 aliphatic rings. The van der Waals surface area contributed by atoms with Gasteiger partial charge in [-0.15, -0.1) is 0 Å². The van der Waals surface area contributed by atoms with Gasteiger partial charge in [0.15, 0.2) is 36.0 Å². The van der Waals surface area contributed by atoms with E-state index >= 15 is 0 Å². The fourth-order valence-corrected chi connectivity index (χ4v) is 11.8. The van der Waals surface area contributed by atoms with E-state index in [9.17, 15) is 29.1 Å². The average molecular weight is 1160 g/mol. The Bertz CT molecular complexity index is 2370. The minimum absolute atomic E-state index is 0.0112. The quantitative estimate of drug-likeness (QED) is 0.0903. The molecule has 6 fully saturated rings. The van der Waals surface area contributed by atoms with Gasteiger partial charge in [0, 0.05) is 67.8 Å². The first-order chi connectivity index (χ1) is 39.1. The van der Waals surface area contributed by atoms with Gasteiger partial charge in [-0.25, -0.2) is 0 Å². The molecule has 2 aromatic rings. The fourth-order valence-electron chi connectivity index (χ4n) is 11.8. The predicted molar refractivity (Wildman–Crippen MR) is 291 cm³/mol. The van der Waals surface area contributed by atoms with Crippen LogP contribution in [0.25, 0.3) is 0 Å². The third kappa shape index (κ3) is 16.6. The van der Waals surface area contributed by atoms with E-state index in [-0.39, 0.29) is 68.4 Å². The number of methoxy groups -OCH3 is 2. The summed E-state index contributed by atoms with van der Waals surface area (Å²) in [4.78, 5) is 59.8. The van der Waals surface area contributed by atoms with Crippen molar-refractivity contribution in [3.63, 3.8) is 0 Å². The summed E-state index contributed by atoms with van der Waals surface area (Å²) >= 11 is 0. The van der Waals surface area contributed by atoms with E-state index in [0.717, 1.165) is 11.1 Å². The third-order valence-electron chi connectivity index (χ3n) is 15.8. The van der Waals surface area contributed by atoms with Crippen LogP contribution in [0, 0.1) is 17.3 Å². The highest BCUT2D eigenvalue weighted by molar-refractivity contribution is 5.75. The first-order valence-electron chi connectivity index (χ1n) is 28.9. The molecule has 0 radical (unpaired) electrons. The van der Waals surface area contributed by atoms with E-state index in [4.69, 9.17) is 71.1 Å². The van der Waals surface area contributed by atoms with Crippen LogP contribution < -0.4 is 0 Å². The highest BCUT2D eigenvalue weighted by atomic mass is 16.8. The smallest absolute Gasteiger partial charge is 0.311 e. The van der Waals surface area contributed by atoms with Gasteiger partial charge in [0.25, 0.3) is 0 Å². The second-order valence-electron chi connectivity index (χ2n) is 23.6. The van der Waals surface area contributed by atoms with E-state index in [1.165, 1.54) is 27.7 Å². The summed E-state index contributed by atoms with van der Waals surface area (Å²) in [6.45, 7) is 16.2. The molecular formula is C61H88O21. The van der Waals surface area contributed by atoms with Gasteiger partial charge < -0.3 is 76.2 Å². The molecule has 0 saturated carbocycles. The van der Waals surface area contributed by atoms with Crippen LogP contribution in [0.3, 0.4) is 0 Å². The summed E-state index contributed by atoms with van der Waals surface area (Å²) in [6.07, 6.45) is -4.00. The van der Waals surface area contributed by atoms with Crippen LogP contribution in [-0.4, -0.2) is 173 Å². The van der Waals surface area contributed by atoms with Gasteiger partial charge in [0.2, 0.25) is 0 Å². The van der Waals surface area contributed by atoms with Crippen molar-refractivity contribution >= 4 is 29.8 Å². The van der Waals surface area contributed by atoms with Gasteiger partial charge >= 0.3 is 29.8 Å². The van der Waals surface area contributed by atoms with E-state index < -0.39 is 102 Å². The van der Waals surface area contributed by atoms with Crippen LogP contribution in [0.1, 0.15) is 125 Å². The summed E-state index contributed by atoms with van der Waals surface area (Å²) in [7, 11) is 3.11.